The number of carbonyl (C=O) groups excluding carboxylic acids is 1. The zero-order valence-electron chi connectivity index (χ0n) is 10.0. The van der Waals surface area contributed by atoms with Crippen molar-refractivity contribution in [3.05, 3.63) is 23.9 Å². The molecule has 92 valence electrons. The van der Waals surface area contributed by atoms with E-state index in [4.69, 9.17) is 11.5 Å². The number of aromatic nitrogens is 1. The van der Waals surface area contributed by atoms with Crippen molar-refractivity contribution >= 4 is 11.7 Å². The van der Waals surface area contributed by atoms with Gasteiger partial charge in [0.25, 0.3) is 0 Å². The lowest BCUT2D eigenvalue weighted by atomic mass is 9.89. The maximum absolute atomic E-state index is 11.3. The van der Waals surface area contributed by atoms with Crippen molar-refractivity contribution in [2.24, 2.45) is 11.1 Å². The molecule has 5 nitrogen and oxygen atoms in total. The Morgan fingerprint density at radius 3 is 3.00 bits per heavy atom. The Balaban J connectivity index is 2.04. The largest absolute Gasteiger partial charge is 0.383 e. The van der Waals surface area contributed by atoms with Crippen molar-refractivity contribution in [2.45, 2.75) is 19.9 Å². The van der Waals surface area contributed by atoms with E-state index >= 15 is 0 Å². The Bertz CT molecular complexity index is 434. The number of nitrogens with zero attached hydrogens (tertiary/aromatic N) is 2. The van der Waals surface area contributed by atoms with Gasteiger partial charge in [-0.05, 0) is 26.0 Å². The van der Waals surface area contributed by atoms with E-state index in [2.05, 4.69) is 9.88 Å². The normalized spacial score (nSPS) is 25.0. The molecule has 2 heterocycles. The van der Waals surface area contributed by atoms with Gasteiger partial charge >= 0.3 is 0 Å². The second-order valence-electron chi connectivity index (χ2n) is 4.93. The van der Waals surface area contributed by atoms with Crippen LogP contribution in [0.2, 0.25) is 0 Å². The van der Waals surface area contributed by atoms with Crippen LogP contribution in [0, 0.1) is 5.41 Å². The fourth-order valence-corrected chi connectivity index (χ4v) is 2.22. The SMILES string of the molecule is CC1(C(N)=O)CCN(Cc2cccnc2N)C1. The van der Waals surface area contributed by atoms with E-state index in [1.165, 1.54) is 0 Å². The molecule has 1 aromatic rings. The highest BCUT2D eigenvalue weighted by atomic mass is 16.1. The fraction of sp³-hybridized carbons (Fsp3) is 0.500. The van der Waals surface area contributed by atoms with Gasteiger partial charge in [0, 0.05) is 24.8 Å². The van der Waals surface area contributed by atoms with E-state index in [0.29, 0.717) is 12.4 Å². The molecule has 1 aliphatic heterocycles. The van der Waals surface area contributed by atoms with Crippen LogP contribution < -0.4 is 11.5 Å². The van der Waals surface area contributed by atoms with E-state index < -0.39 is 5.41 Å². The quantitative estimate of drug-likeness (QED) is 0.790. The number of hydrogen-bond donors (Lipinski definition) is 2. The molecule has 4 N–H and O–H groups in total. The van der Waals surface area contributed by atoms with E-state index in [-0.39, 0.29) is 5.91 Å². The third-order valence-electron chi connectivity index (χ3n) is 3.47. The van der Waals surface area contributed by atoms with Crippen LogP contribution in [0.4, 0.5) is 5.82 Å². The van der Waals surface area contributed by atoms with E-state index in [1.807, 2.05) is 19.1 Å². The average Bonchev–Trinajstić information content (AvgIpc) is 2.65. The lowest BCUT2D eigenvalue weighted by molar-refractivity contribution is -0.126. The van der Waals surface area contributed by atoms with Crippen molar-refractivity contribution in [3.8, 4) is 0 Å². The van der Waals surface area contributed by atoms with Gasteiger partial charge in [0.2, 0.25) is 5.91 Å². The van der Waals surface area contributed by atoms with Crippen LogP contribution in [0.5, 0.6) is 0 Å². The summed E-state index contributed by atoms with van der Waals surface area (Å²) < 4.78 is 0. The van der Waals surface area contributed by atoms with Crippen LogP contribution in [-0.4, -0.2) is 28.9 Å². The lowest BCUT2D eigenvalue weighted by Gasteiger charge is -2.21. The average molecular weight is 234 g/mol. The molecule has 0 aliphatic carbocycles. The van der Waals surface area contributed by atoms with Gasteiger partial charge in [0.05, 0.1) is 5.41 Å². The fourth-order valence-electron chi connectivity index (χ4n) is 2.22. The second-order valence-corrected chi connectivity index (χ2v) is 4.93. The smallest absolute Gasteiger partial charge is 0.224 e. The molecule has 1 aromatic heterocycles. The first-order valence-corrected chi connectivity index (χ1v) is 5.73. The summed E-state index contributed by atoms with van der Waals surface area (Å²) in [7, 11) is 0. The van der Waals surface area contributed by atoms with Gasteiger partial charge in [-0.2, -0.15) is 0 Å². The van der Waals surface area contributed by atoms with E-state index in [1.54, 1.807) is 6.20 Å². The minimum Gasteiger partial charge on any atom is -0.383 e. The minimum atomic E-state index is -0.406. The minimum absolute atomic E-state index is 0.223. The van der Waals surface area contributed by atoms with Crippen LogP contribution in [0.1, 0.15) is 18.9 Å². The maximum atomic E-state index is 11.3. The molecule has 17 heavy (non-hydrogen) atoms. The number of amides is 1. The molecule has 0 spiro atoms. The molecule has 1 unspecified atom stereocenters. The van der Waals surface area contributed by atoms with Gasteiger partial charge in [0.1, 0.15) is 5.82 Å². The van der Waals surface area contributed by atoms with Gasteiger partial charge in [-0.15, -0.1) is 0 Å². The highest BCUT2D eigenvalue weighted by molar-refractivity contribution is 5.81. The van der Waals surface area contributed by atoms with Crippen LogP contribution in [-0.2, 0) is 11.3 Å². The topological polar surface area (TPSA) is 85.2 Å². The number of hydrogen-bond acceptors (Lipinski definition) is 4. The Morgan fingerprint density at radius 1 is 1.65 bits per heavy atom. The zero-order valence-corrected chi connectivity index (χ0v) is 10.0. The van der Waals surface area contributed by atoms with Crippen molar-refractivity contribution in [1.82, 2.24) is 9.88 Å². The number of primary amides is 1. The summed E-state index contributed by atoms with van der Waals surface area (Å²) in [5, 5.41) is 0. The highest BCUT2D eigenvalue weighted by Crippen LogP contribution is 2.30. The van der Waals surface area contributed by atoms with Gasteiger partial charge < -0.3 is 11.5 Å². The molecule has 1 aliphatic rings. The molecule has 0 aromatic carbocycles. The molecule has 1 amide bonds. The number of carbonyl (C=O) groups is 1. The summed E-state index contributed by atoms with van der Waals surface area (Å²) in [6.07, 6.45) is 2.48. The summed E-state index contributed by atoms with van der Waals surface area (Å²) >= 11 is 0. The first-order chi connectivity index (χ1) is 8.01. The summed E-state index contributed by atoms with van der Waals surface area (Å²) in [6.45, 7) is 4.20. The number of likely N-dealkylation sites (tertiary alicyclic amines) is 1. The van der Waals surface area contributed by atoms with Crippen molar-refractivity contribution in [2.75, 3.05) is 18.8 Å². The predicted octanol–water partition coefficient (Wildman–Crippen LogP) is 0.361. The standard InChI is InChI=1S/C12H18N4O/c1-12(11(14)17)4-6-16(8-12)7-9-3-2-5-15-10(9)13/h2-3,5H,4,6-8H2,1H3,(H2,13,15)(H2,14,17). The molecule has 0 radical (unpaired) electrons. The number of rotatable bonds is 3. The zero-order chi connectivity index (χ0) is 12.5. The number of nitrogens with two attached hydrogens (primary N) is 2. The van der Waals surface area contributed by atoms with Crippen molar-refractivity contribution in [3.63, 3.8) is 0 Å². The molecular weight excluding hydrogens is 216 g/mol. The van der Waals surface area contributed by atoms with Gasteiger partial charge in [-0.25, -0.2) is 4.98 Å². The number of pyridine rings is 1. The summed E-state index contributed by atoms with van der Waals surface area (Å²) in [6, 6.07) is 3.83. The molecule has 1 saturated heterocycles. The molecule has 0 bridgehead atoms. The third-order valence-corrected chi connectivity index (χ3v) is 3.47. The Morgan fingerprint density at radius 2 is 2.41 bits per heavy atom. The molecule has 1 atom stereocenters. The number of nitrogen functional groups attached to an aromatic ring is 1. The van der Waals surface area contributed by atoms with E-state index in [9.17, 15) is 4.79 Å². The first kappa shape index (κ1) is 11.9. The summed E-state index contributed by atoms with van der Waals surface area (Å²) in [5.41, 5.74) is 11.8. The van der Waals surface area contributed by atoms with Gasteiger partial charge in [0.15, 0.2) is 0 Å². The lowest BCUT2D eigenvalue weighted by Crippen LogP contribution is -2.37. The predicted molar refractivity (Wildman–Crippen MR) is 65.8 cm³/mol. The Hall–Kier alpha value is -1.62. The van der Waals surface area contributed by atoms with Gasteiger partial charge in [-0.1, -0.05) is 6.07 Å². The monoisotopic (exact) mass is 234 g/mol. The number of anilines is 1. The molecule has 0 saturated carbocycles. The summed E-state index contributed by atoms with van der Waals surface area (Å²) in [4.78, 5) is 17.6. The van der Waals surface area contributed by atoms with Gasteiger partial charge in [-0.3, -0.25) is 9.69 Å². The van der Waals surface area contributed by atoms with Crippen molar-refractivity contribution < 1.29 is 4.79 Å². The summed E-state index contributed by atoms with van der Waals surface area (Å²) in [5.74, 6) is 0.333. The second kappa shape index (κ2) is 4.33. The van der Waals surface area contributed by atoms with Crippen LogP contribution in [0.15, 0.2) is 18.3 Å². The Kier molecular flexibility index (Phi) is 3.02. The molecule has 2 rings (SSSR count). The molecular formula is C12H18N4O. The molecule has 1 fully saturated rings. The van der Waals surface area contributed by atoms with Crippen LogP contribution in [0.25, 0.3) is 0 Å². The van der Waals surface area contributed by atoms with Crippen molar-refractivity contribution in [1.29, 1.82) is 0 Å². The van der Waals surface area contributed by atoms with Crippen LogP contribution >= 0.6 is 0 Å². The molecule has 5 heteroatoms. The highest BCUT2D eigenvalue weighted by Gasteiger charge is 2.38. The first-order valence-electron chi connectivity index (χ1n) is 5.73. The third kappa shape index (κ3) is 2.39. The van der Waals surface area contributed by atoms with E-state index in [0.717, 1.165) is 25.1 Å². The Labute approximate surface area is 101 Å². The maximum Gasteiger partial charge on any atom is 0.224 e. The van der Waals surface area contributed by atoms with Crippen LogP contribution in [0.3, 0.4) is 0 Å².